The lowest BCUT2D eigenvalue weighted by atomic mass is 9.98. The maximum absolute atomic E-state index is 12.4. The fourth-order valence-electron chi connectivity index (χ4n) is 1.59. The number of pyridine rings is 1. The van der Waals surface area contributed by atoms with Gasteiger partial charge < -0.3 is 5.32 Å². The smallest absolute Gasteiger partial charge is 0.379 e. The summed E-state index contributed by atoms with van der Waals surface area (Å²) in [5.41, 5.74) is -0.340. The molecule has 0 radical (unpaired) electrons. The molecule has 0 aliphatic heterocycles. The fourth-order valence-corrected chi connectivity index (χ4v) is 2.50. The lowest BCUT2D eigenvalue weighted by molar-refractivity contribution is -0.141. The summed E-state index contributed by atoms with van der Waals surface area (Å²) in [6.45, 7) is 6.77. The molecule has 114 valence electrons. The minimum absolute atomic E-state index is 0.00116. The van der Waals surface area contributed by atoms with Gasteiger partial charge >= 0.3 is 6.18 Å². The molecule has 0 bridgehead atoms. The molecule has 0 amide bonds. The van der Waals surface area contributed by atoms with Crippen LogP contribution in [0.2, 0.25) is 0 Å². The molecule has 2 aromatic heterocycles. The molecular weight excluding hydrogens is 299 g/mol. The Morgan fingerprint density at radius 2 is 1.81 bits per heavy atom. The second-order valence-corrected chi connectivity index (χ2v) is 6.78. The van der Waals surface area contributed by atoms with E-state index in [1.54, 1.807) is 17.5 Å². The van der Waals surface area contributed by atoms with Gasteiger partial charge in [-0.2, -0.15) is 13.2 Å². The molecule has 0 spiro atoms. The molecule has 21 heavy (non-hydrogen) atoms. The minimum atomic E-state index is -4.40. The van der Waals surface area contributed by atoms with Crippen molar-refractivity contribution in [1.82, 2.24) is 9.97 Å². The Labute approximate surface area is 125 Å². The number of hydrogen-bond acceptors (Lipinski definition) is 4. The highest BCUT2D eigenvalue weighted by Gasteiger charge is 2.32. The molecule has 0 saturated heterocycles. The van der Waals surface area contributed by atoms with Crippen LogP contribution in [0.3, 0.4) is 0 Å². The van der Waals surface area contributed by atoms with Crippen molar-refractivity contribution in [3.63, 3.8) is 0 Å². The maximum atomic E-state index is 12.4. The number of halogens is 3. The summed E-state index contributed by atoms with van der Waals surface area (Å²) in [5, 5.41) is 4.08. The number of thiazole rings is 1. The third kappa shape index (κ3) is 4.17. The molecular formula is C14H16F3N3S. The summed E-state index contributed by atoms with van der Waals surface area (Å²) < 4.78 is 37.2. The van der Waals surface area contributed by atoms with E-state index in [-0.39, 0.29) is 5.41 Å². The van der Waals surface area contributed by atoms with Crippen LogP contribution in [0.1, 0.15) is 36.3 Å². The molecule has 1 N–H and O–H groups in total. The lowest BCUT2D eigenvalue weighted by Crippen LogP contribution is -2.09. The Balaban J connectivity index is 1.99. The minimum Gasteiger partial charge on any atom is -0.379 e. The van der Waals surface area contributed by atoms with Gasteiger partial charge in [0, 0.05) is 16.5 Å². The number of anilines is 1. The maximum Gasteiger partial charge on any atom is 0.433 e. The first-order chi connectivity index (χ1) is 9.66. The third-order valence-electron chi connectivity index (χ3n) is 2.72. The molecule has 3 nitrogen and oxygen atoms in total. The number of hydrogen-bond donors (Lipinski definition) is 1. The van der Waals surface area contributed by atoms with Gasteiger partial charge in [-0.25, -0.2) is 9.97 Å². The zero-order valence-electron chi connectivity index (χ0n) is 12.0. The Bertz CT molecular complexity index is 597. The topological polar surface area (TPSA) is 37.8 Å². The van der Waals surface area contributed by atoms with Gasteiger partial charge in [0.15, 0.2) is 0 Å². The van der Waals surface area contributed by atoms with Gasteiger partial charge in [-0.05, 0) is 12.1 Å². The molecule has 0 aliphatic carbocycles. The van der Waals surface area contributed by atoms with Crippen molar-refractivity contribution in [3.05, 3.63) is 40.1 Å². The van der Waals surface area contributed by atoms with E-state index in [0.717, 1.165) is 16.0 Å². The molecule has 0 aromatic carbocycles. The summed E-state index contributed by atoms with van der Waals surface area (Å²) >= 11 is 1.59. The Morgan fingerprint density at radius 1 is 1.10 bits per heavy atom. The van der Waals surface area contributed by atoms with Crippen LogP contribution in [0, 0.1) is 0 Å². The van der Waals surface area contributed by atoms with Gasteiger partial charge in [-0.15, -0.1) is 11.3 Å². The standard InChI is InChI=1S/C14H16F3N3S/c1-13(2,3)12-20-8-10(21-12)7-18-9-4-5-11(19-6-9)14(15,16)17/h4-6,8,18H,7H2,1-3H3. The van der Waals surface area contributed by atoms with E-state index in [9.17, 15) is 13.2 Å². The fraction of sp³-hybridized carbons (Fsp3) is 0.429. The van der Waals surface area contributed by atoms with Crippen molar-refractivity contribution in [2.75, 3.05) is 5.32 Å². The first kappa shape index (κ1) is 15.8. The lowest BCUT2D eigenvalue weighted by Gasteiger charge is -2.13. The van der Waals surface area contributed by atoms with Crippen LogP contribution in [0.5, 0.6) is 0 Å². The first-order valence-electron chi connectivity index (χ1n) is 6.38. The number of rotatable bonds is 3. The van der Waals surface area contributed by atoms with Crippen LogP contribution in [0.15, 0.2) is 24.5 Å². The monoisotopic (exact) mass is 315 g/mol. The largest absolute Gasteiger partial charge is 0.433 e. The van der Waals surface area contributed by atoms with Crippen molar-refractivity contribution >= 4 is 17.0 Å². The van der Waals surface area contributed by atoms with Gasteiger partial charge in [-0.3, -0.25) is 0 Å². The van der Waals surface area contributed by atoms with Crippen molar-refractivity contribution < 1.29 is 13.2 Å². The van der Waals surface area contributed by atoms with E-state index in [2.05, 4.69) is 36.1 Å². The first-order valence-corrected chi connectivity index (χ1v) is 7.20. The number of alkyl halides is 3. The van der Waals surface area contributed by atoms with Crippen LogP contribution < -0.4 is 5.32 Å². The average molecular weight is 315 g/mol. The summed E-state index contributed by atoms with van der Waals surface area (Å²) in [6.07, 6.45) is -1.43. The summed E-state index contributed by atoms with van der Waals surface area (Å²) in [4.78, 5) is 8.79. The highest BCUT2D eigenvalue weighted by molar-refractivity contribution is 7.11. The van der Waals surface area contributed by atoms with E-state index >= 15 is 0 Å². The molecule has 0 unspecified atom stereocenters. The van der Waals surface area contributed by atoms with E-state index in [1.807, 2.05) is 0 Å². The number of aromatic nitrogens is 2. The predicted molar refractivity (Wildman–Crippen MR) is 77.4 cm³/mol. The molecule has 2 heterocycles. The molecule has 0 aliphatic rings. The molecule has 0 fully saturated rings. The van der Waals surface area contributed by atoms with Crippen molar-refractivity contribution in [1.29, 1.82) is 0 Å². The van der Waals surface area contributed by atoms with Crippen LogP contribution >= 0.6 is 11.3 Å². The average Bonchev–Trinajstić information content (AvgIpc) is 2.84. The number of nitrogens with one attached hydrogen (secondary N) is 1. The van der Waals surface area contributed by atoms with Gasteiger partial charge in [0.05, 0.1) is 23.4 Å². The van der Waals surface area contributed by atoms with Crippen LogP contribution in [0.25, 0.3) is 0 Å². The second kappa shape index (κ2) is 5.63. The molecule has 0 atom stereocenters. The quantitative estimate of drug-likeness (QED) is 0.908. The summed E-state index contributed by atoms with van der Waals surface area (Å²) in [7, 11) is 0. The van der Waals surface area contributed by atoms with Gasteiger partial charge in [0.25, 0.3) is 0 Å². The Morgan fingerprint density at radius 3 is 2.29 bits per heavy atom. The zero-order valence-corrected chi connectivity index (χ0v) is 12.8. The van der Waals surface area contributed by atoms with Crippen LogP contribution in [-0.2, 0) is 18.1 Å². The van der Waals surface area contributed by atoms with Crippen LogP contribution in [0.4, 0.5) is 18.9 Å². The molecule has 2 rings (SSSR count). The Kier molecular flexibility index (Phi) is 4.22. The Hall–Kier alpha value is -1.63. The van der Waals surface area contributed by atoms with Crippen molar-refractivity contribution in [2.45, 2.75) is 38.9 Å². The van der Waals surface area contributed by atoms with E-state index < -0.39 is 11.9 Å². The SMILES string of the molecule is CC(C)(C)c1ncc(CNc2ccc(C(F)(F)F)nc2)s1. The van der Waals surface area contributed by atoms with E-state index in [1.165, 1.54) is 12.3 Å². The molecule has 7 heteroatoms. The van der Waals surface area contributed by atoms with Crippen molar-refractivity contribution in [3.8, 4) is 0 Å². The summed E-state index contributed by atoms with van der Waals surface area (Å²) in [6, 6.07) is 2.34. The highest BCUT2D eigenvalue weighted by atomic mass is 32.1. The zero-order chi connectivity index (χ0) is 15.7. The third-order valence-corrected chi connectivity index (χ3v) is 4.14. The molecule has 0 saturated carbocycles. The summed E-state index contributed by atoms with van der Waals surface area (Å²) in [5.74, 6) is 0. The van der Waals surface area contributed by atoms with Gasteiger partial charge in [0.2, 0.25) is 0 Å². The van der Waals surface area contributed by atoms with Gasteiger partial charge in [-0.1, -0.05) is 20.8 Å². The molecule has 2 aromatic rings. The number of nitrogens with zero attached hydrogens (tertiary/aromatic N) is 2. The van der Waals surface area contributed by atoms with Crippen molar-refractivity contribution in [2.24, 2.45) is 0 Å². The normalized spacial score (nSPS) is 12.5. The van der Waals surface area contributed by atoms with E-state index in [4.69, 9.17) is 0 Å². The van der Waals surface area contributed by atoms with Crippen LogP contribution in [-0.4, -0.2) is 9.97 Å². The second-order valence-electron chi connectivity index (χ2n) is 5.67. The predicted octanol–water partition coefficient (Wildman–Crippen LogP) is 4.47. The van der Waals surface area contributed by atoms with Gasteiger partial charge in [0.1, 0.15) is 5.69 Å². The van der Waals surface area contributed by atoms with E-state index in [0.29, 0.717) is 12.2 Å². The highest BCUT2D eigenvalue weighted by Crippen LogP contribution is 2.29.